The van der Waals surface area contributed by atoms with Crippen molar-refractivity contribution in [3.63, 3.8) is 0 Å². The predicted molar refractivity (Wildman–Crippen MR) is 212 cm³/mol. The van der Waals surface area contributed by atoms with Crippen molar-refractivity contribution >= 4 is 38.9 Å². The molecule has 0 fully saturated rings. The fourth-order valence-corrected chi connectivity index (χ4v) is 7.20. The van der Waals surface area contributed by atoms with E-state index in [9.17, 15) is 0 Å². The first-order valence-electron chi connectivity index (χ1n) is 17.1. The summed E-state index contributed by atoms with van der Waals surface area (Å²) in [4.78, 5) is 2.38. The Bertz CT molecular complexity index is 2490. The minimum atomic E-state index is 1.09. The monoisotopic (exact) mass is 638 g/mol. The van der Waals surface area contributed by atoms with Crippen LogP contribution in [0.25, 0.3) is 60.9 Å². The van der Waals surface area contributed by atoms with Gasteiger partial charge in [0, 0.05) is 33.4 Å². The molecule has 1 aromatic heterocycles. The van der Waals surface area contributed by atoms with Gasteiger partial charge in [-0.3, -0.25) is 0 Å². The fourth-order valence-electron chi connectivity index (χ4n) is 7.20. The van der Waals surface area contributed by atoms with Crippen molar-refractivity contribution in [2.45, 2.75) is 0 Å². The topological polar surface area (TPSA) is 8.17 Å². The highest BCUT2D eigenvalue weighted by molar-refractivity contribution is 6.09. The molecule has 9 aromatic rings. The van der Waals surface area contributed by atoms with E-state index in [1.54, 1.807) is 0 Å². The van der Waals surface area contributed by atoms with Crippen molar-refractivity contribution in [3.8, 4) is 39.1 Å². The second-order valence-electron chi connectivity index (χ2n) is 12.6. The minimum Gasteiger partial charge on any atom is -0.310 e. The van der Waals surface area contributed by atoms with Crippen LogP contribution >= 0.6 is 0 Å². The first-order chi connectivity index (χ1) is 24.8. The molecule has 8 aromatic carbocycles. The van der Waals surface area contributed by atoms with Crippen molar-refractivity contribution in [1.29, 1.82) is 0 Å². The summed E-state index contributed by atoms with van der Waals surface area (Å²) >= 11 is 0. The molecule has 0 saturated heterocycles. The molecule has 0 aliphatic heterocycles. The van der Waals surface area contributed by atoms with Crippen molar-refractivity contribution in [2.75, 3.05) is 4.90 Å². The molecule has 9 rings (SSSR count). The summed E-state index contributed by atoms with van der Waals surface area (Å²) in [6.45, 7) is 0. The average Bonchev–Trinajstić information content (AvgIpc) is 3.54. The highest BCUT2D eigenvalue weighted by Crippen LogP contribution is 2.42. The zero-order valence-corrected chi connectivity index (χ0v) is 27.5. The summed E-state index contributed by atoms with van der Waals surface area (Å²) in [5.74, 6) is 0. The Kier molecular flexibility index (Phi) is 7.53. The van der Waals surface area contributed by atoms with E-state index < -0.39 is 0 Å². The van der Waals surface area contributed by atoms with E-state index in [2.05, 4.69) is 216 Å². The third kappa shape index (κ3) is 5.34. The molecule has 0 radical (unpaired) electrons. The number of aromatic nitrogens is 1. The number of hydrogen-bond donors (Lipinski definition) is 0. The molecule has 0 unspecified atom stereocenters. The lowest BCUT2D eigenvalue weighted by Crippen LogP contribution is -2.11. The van der Waals surface area contributed by atoms with E-state index >= 15 is 0 Å². The number of hydrogen-bond acceptors (Lipinski definition) is 1. The van der Waals surface area contributed by atoms with Crippen LogP contribution in [0.1, 0.15) is 0 Å². The molecule has 0 aliphatic carbocycles. The molecule has 2 nitrogen and oxygen atoms in total. The SMILES string of the molecule is c1ccc(-c2ccc(-c3ccccc3N(c3ccc(-c4ccccc4)cc3)c3ccc(-n4c5ccccc5c5ccccc54)cc3)cc2)cc1. The largest absolute Gasteiger partial charge is 0.310 e. The number of para-hydroxylation sites is 3. The van der Waals surface area contributed by atoms with Crippen LogP contribution in [0, 0.1) is 0 Å². The summed E-state index contributed by atoms with van der Waals surface area (Å²) in [6, 6.07) is 74.0. The van der Waals surface area contributed by atoms with Crippen LogP contribution in [0.15, 0.2) is 206 Å². The summed E-state index contributed by atoms with van der Waals surface area (Å²) in [5.41, 5.74) is 14.0. The van der Waals surface area contributed by atoms with Crippen LogP contribution in [0.2, 0.25) is 0 Å². The van der Waals surface area contributed by atoms with Gasteiger partial charge in [0.2, 0.25) is 0 Å². The molecule has 1 heterocycles. The van der Waals surface area contributed by atoms with E-state index in [1.165, 1.54) is 55.2 Å². The average molecular weight is 639 g/mol. The summed E-state index contributed by atoms with van der Waals surface area (Å²) in [6.07, 6.45) is 0. The molecular formula is C48H34N2. The Balaban J connectivity index is 1.16. The lowest BCUT2D eigenvalue weighted by Gasteiger charge is -2.28. The summed E-state index contributed by atoms with van der Waals surface area (Å²) < 4.78 is 2.37. The summed E-state index contributed by atoms with van der Waals surface area (Å²) in [7, 11) is 0. The van der Waals surface area contributed by atoms with Crippen LogP contribution < -0.4 is 4.90 Å². The molecular weight excluding hydrogens is 605 g/mol. The molecule has 0 amide bonds. The molecule has 0 N–H and O–H groups in total. The third-order valence-electron chi connectivity index (χ3n) is 9.63. The molecule has 50 heavy (non-hydrogen) atoms. The van der Waals surface area contributed by atoms with Crippen LogP contribution in [0.4, 0.5) is 17.1 Å². The number of anilines is 3. The molecule has 0 aliphatic rings. The summed E-state index contributed by atoms with van der Waals surface area (Å²) in [5, 5.41) is 2.53. The highest BCUT2D eigenvalue weighted by atomic mass is 15.1. The standard InChI is InChI=1S/C48H34N2/c1-3-13-35(14-4-1)37-23-25-39(26-24-37)43-17-7-10-20-46(43)49(40-29-27-38(28-30-40)36-15-5-2-6-16-36)41-31-33-42(34-32-41)50-47-21-11-8-18-44(47)45-19-9-12-22-48(45)50/h1-34H. The quantitative estimate of drug-likeness (QED) is 0.169. The van der Waals surface area contributed by atoms with Crippen LogP contribution in [0.5, 0.6) is 0 Å². The van der Waals surface area contributed by atoms with E-state index in [0.717, 1.165) is 22.7 Å². The van der Waals surface area contributed by atoms with Gasteiger partial charge in [-0.25, -0.2) is 0 Å². The van der Waals surface area contributed by atoms with Gasteiger partial charge in [0.1, 0.15) is 0 Å². The van der Waals surface area contributed by atoms with Gasteiger partial charge in [-0.1, -0.05) is 152 Å². The Morgan fingerprint density at radius 3 is 1.26 bits per heavy atom. The second-order valence-corrected chi connectivity index (χ2v) is 12.6. The Morgan fingerprint density at radius 2 is 0.700 bits per heavy atom. The van der Waals surface area contributed by atoms with Crippen LogP contribution in [-0.4, -0.2) is 4.57 Å². The van der Waals surface area contributed by atoms with Gasteiger partial charge in [-0.15, -0.1) is 0 Å². The molecule has 0 bridgehead atoms. The maximum Gasteiger partial charge on any atom is 0.0541 e. The van der Waals surface area contributed by atoms with E-state index in [1.807, 2.05) is 0 Å². The zero-order valence-electron chi connectivity index (χ0n) is 27.5. The van der Waals surface area contributed by atoms with Gasteiger partial charge in [0.25, 0.3) is 0 Å². The number of fused-ring (bicyclic) bond motifs is 3. The van der Waals surface area contributed by atoms with Gasteiger partial charge in [0.15, 0.2) is 0 Å². The number of benzene rings is 8. The van der Waals surface area contributed by atoms with Crippen molar-refractivity contribution in [3.05, 3.63) is 206 Å². The zero-order chi connectivity index (χ0) is 33.3. The minimum absolute atomic E-state index is 1.09. The van der Waals surface area contributed by atoms with Crippen LogP contribution in [-0.2, 0) is 0 Å². The lowest BCUT2D eigenvalue weighted by atomic mass is 9.98. The molecule has 0 atom stereocenters. The first-order valence-corrected chi connectivity index (χ1v) is 17.1. The van der Waals surface area contributed by atoms with Gasteiger partial charge in [-0.2, -0.15) is 0 Å². The normalized spacial score (nSPS) is 11.2. The number of rotatable bonds is 7. The van der Waals surface area contributed by atoms with Crippen molar-refractivity contribution < 1.29 is 0 Å². The highest BCUT2D eigenvalue weighted by Gasteiger charge is 2.18. The van der Waals surface area contributed by atoms with Gasteiger partial charge in [-0.05, 0) is 82.4 Å². The fraction of sp³-hybridized carbons (Fsp3) is 0. The smallest absolute Gasteiger partial charge is 0.0541 e. The van der Waals surface area contributed by atoms with Crippen molar-refractivity contribution in [1.82, 2.24) is 4.57 Å². The Labute approximate surface area is 292 Å². The third-order valence-corrected chi connectivity index (χ3v) is 9.63. The second kappa shape index (κ2) is 12.8. The first kappa shape index (κ1) is 29.5. The number of nitrogens with zero attached hydrogens (tertiary/aromatic N) is 2. The van der Waals surface area contributed by atoms with Gasteiger partial charge < -0.3 is 9.47 Å². The van der Waals surface area contributed by atoms with E-state index in [4.69, 9.17) is 0 Å². The maximum atomic E-state index is 2.38. The Hall–Kier alpha value is -6.64. The molecule has 236 valence electrons. The Morgan fingerprint density at radius 1 is 0.300 bits per heavy atom. The lowest BCUT2D eigenvalue weighted by molar-refractivity contribution is 1.17. The maximum absolute atomic E-state index is 2.38. The van der Waals surface area contributed by atoms with Gasteiger partial charge >= 0.3 is 0 Å². The molecule has 0 spiro atoms. The van der Waals surface area contributed by atoms with E-state index in [-0.39, 0.29) is 0 Å². The van der Waals surface area contributed by atoms with Gasteiger partial charge in [0.05, 0.1) is 16.7 Å². The predicted octanol–water partition coefficient (Wildman–Crippen LogP) is 13.3. The van der Waals surface area contributed by atoms with Crippen LogP contribution in [0.3, 0.4) is 0 Å². The van der Waals surface area contributed by atoms with E-state index in [0.29, 0.717) is 0 Å². The molecule has 2 heteroatoms. The molecule has 0 saturated carbocycles. The van der Waals surface area contributed by atoms with Crippen molar-refractivity contribution in [2.24, 2.45) is 0 Å².